The minimum Gasteiger partial charge on any atom is -0.324 e. The number of nitrogens with zero attached hydrogens (tertiary/aromatic N) is 6. The Kier molecular flexibility index (Phi) is 9.30. The van der Waals surface area contributed by atoms with E-state index in [-0.39, 0.29) is 34.4 Å². The van der Waals surface area contributed by atoms with Gasteiger partial charge < -0.3 is 9.97 Å². The van der Waals surface area contributed by atoms with E-state index < -0.39 is 82.1 Å². The van der Waals surface area contributed by atoms with Gasteiger partial charge in [0, 0.05) is 33.0 Å². The van der Waals surface area contributed by atoms with Crippen LogP contribution in [0.15, 0.2) is 92.4 Å². The molecule has 0 saturated heterocycles. The highest BCUT2D eigenvalue weighted by Crippen LogP contribution is 2.45. The van der Waals surface area contributed by atoms with Crippen molar-refractivity contribution in [2.45, 2.75) is 19.6 Å². The van der Waals surface area contributed by atoms with Crippen LogP contribution in [0.2, 0.25) is 0 Å². The molecule has 58 heavy (non-hydrogen) atoms. The number of halogens is 1. The zero-order chi connectivity index (χ0) is 41.7. The number of hydrogen-bond acceptors (Lipinski definition) is 14. The van der Waals surface area contributed by atoms with Gasteiger partial charge in [-0.05, 0) is 0 Å². The van der Waals surface area contributed by atoms with E-state index in [9.17, 15) is 51.9 Å². The number of fused-ring (bicyclic) bond motifs is 20. The summed E-state index contributed by atoms with van der Waals surface area (Å²) >= 11 is 0.778. The van der Waals surface area contributed by atoms with E-state index in [1.807, 2.05) is 0 Å². The van der Waals surface area contributed by atoms with Crippen LogP contribution >= 0.6 is 10.0 Å². The minimum absolute atomic E-state index is 0.0471. The number of aromatic amines is 2. The van der Waals surface area contributed by atoms with E-state index in [4.69, 9.17) is 20.0 Å². The highest BCUT2D eigenvalue weighted by molar-refractivity contribution is 7.91. The molecule has 3 aromatic heterocycles. The average Bonchev–Trinajstić information content (AvgIpc) is 3.89. The third kappa shape index (κ3) is 6.42. The van der Waals surface area contributed by atoms with Crippen molar-refractivity contribution in [3.8, 4) is 45.6 Å². The van der Waals surface area contributed by atoms with Gasteiger partial charge in [0.05, 0.1) is 10.8 Å². The van der Waals surface area contributed by atoms with Crippen LogP contribution in [0.3, 0.4) is 0 Å². The summed E-state index contributed by atoms with van der Waals surface area (Å²) in [5.41, 5.74) is 0.187. The van der Waals surface area contributed by atoms with Crippen molar-refractivity contribution < 1.29 is 51.9 Å². The van der Waals surface area contributed by atoms with Crippen molar-refractivity contribution in [3.05, 3.63) is 72.8 Å². The van der Waals surface area contributed by atoms with Crippen LogP contribution in [0.25, 0.3) is 89.7 Å². The van der Waals surface area contributed by atoms with Gasteiger partial charge in [0.25, 0.3) is 40.5 Å². The Bertz CT molecular complexity index is 3390. The number of hydrogen-bond donors (Lipinski definition) is 6. The lowest BCUT2D eigenvalue weighted by molar-refractivity contribution is 0.449. The Balaban J connectivity index is 0.00000231. The molecular weight excluding hydrogens is 879 g/mol. The average molecular weight is 899 g/mol. The number of nitrogens with one attached hydrogen (secondary N) is 2. The predicted octanol–water partition coefficient (Wildman–Crippen LogP) is 3.63. The molecule has 5 heterocycles. The van der Waals surface area contributed by atoms with Crippen molar-refractivity contribution in [3.63, 3.8) is 0 Å². The third-order valence-electron chi connectivity index (χ3n) is 8.85. The standard InChI is InChI=1S/C32H18N8O12S4.Al.ClH.2H/c41-53(42,43)21-19-20(22(54(44,45)46)24(56(50,51)52)23(21)55(47,48)49)32-39-30-18-12-6-4-10-16(18)28(37-30)35-26-14-8-2-1-7-13(14)25(33-26)34-27-15-9-3-5-11-17(15)29(36-27)38-31(19)40-32;;;;/h1-12H,(H,41,42,43)(H,44,45,46)(H,47,48,49)(H,50,51,52)(H2,33,34,35,36,37,38,39,40);;1H;;/q;+1;;;/p-1. The molecular formula is C32H20AlClN8O12S4. The second-order valence-corrected chi connectivity index (χ2v) is 17.6. The maximum absolute atomic E-state index is 13.2. The molecule has 7 aromatic rings. The normalized spacial score (nSPS) is 12.8. The fourth-order valence-corrected chi connectivity index (χ4v) is 11.7. The lowest BCUT2D eigenvalue weighted by Crippen LogP contribution is -2.19. The maximum atomic E-state index is 13.2. The molecule has 2 aliphatic rings. The summed E-state index contributed by atoms with van der Waals surface area (Å²) in [6.45, 7) is 0. The topological polar surface area (TPSA) is 326 Å². The Morgan fingerprint density at radius 2 is 0.655 bits per heavy atom. The molecule has 4 aromatic carbocycles. The van der Waals surface area contributed by atoms with Gasteiger partial charge in [-0.1, -0.05) is 72.8 Å². The highest BCUT2D eigenvalue weighted by atomic mass is 35.6. The van der Waals surface area contributed by atoms with Gasteiger partial charge in [0.1, 0.15) is 42.2 Å². The quantitative estimate of drug-likeness (QED) is 0.108. The lowest BCUT2D eigenvalue weighted by Gasteiger charge is -2.14. The molecule has 0 aliphatic carbocycles. The van der Waals surface area contributed by atoms with Gasteiger partial charge in [-0.15, -0.1) is 0 Å². The molecule has 2 aliphatic heterocycles. The van der Waals surface area contributed by atoms with E-state index >= 15 is 0 Å². The van der Waals surface area contributed by atoms with Gasteiger partial charge >= 0.3 is 15.4 Å². The SMILES string of the molecule is O=S(=O)(O)c1c(S(=O)(=O)O)c(S(=O)(=O)O)c2c3nc4nc(nc5[nH]c(nc6nc(nc([nH]3)c2c1S(=O)(=O)O)-c1ccccc1-6)c1ccccc51)-c1ccccc1-4.[AlH2][Cl]. The van der Waals surface area contributed by atoms with Gasteiger partial charge in [0.2, 0.25) is 0 Å². The second kappa shape index (κ2) is 13.6. The van der Waals surface area contributed by atoms with Crippen molar-refractivity contribution in [1.82, 2.24) is 39.9 Å². The van der Waals surface area contributed by atoms with E-state index in [1.54, 1.807) is 60.7 Å². The van der Waals surface area contributed by atoms with Crippen LogP contribution in [0.1, 0.15) is 0 Å². The largest absolute Gasteiger partial charge is 0.353 e. The molecule has 0 saturated carbocycles. The van der Waals surface area contributed by atoms with Crippen LogP contribution in [0.4, 0.5) is 0 Å². The van der Waals surface area contributed by atoms with Crippen molar-refractivity contribution in [2.24, 2.45) is 0 Å². The zero-order valence-electron chi connectivity index (χ0n) is 28.7. The molecule has 6 N–H and O–H groups in total. The molecule has 8 bridgehead atoms. The van der Waals surface area contributed by atoms with Crippen LogP contribution in [-0.4, -0.2) is 107 Å². The van der Waals surface area contributed by atoms with Crippen molar-refractivity contribution >= 4 is 110 Å². The summed E-state index contributed by atoms with van der Waals surface area (Å²) < 4.78 is 146. The van der Waals surface area contributed by atoms with E-state index in [0.29, 0.717) is 33.2 Å². The van der Waals surface area contributed by atoms with E-state index in [1.165, 1.54) is 12.1 Å². The summed E-state index contributed by atoms with van der Waals surface area (Å²) in [5, 5.41) is -1.17. The van der Waals surface area contributed by atoms with Gasteiger partial charge in [-0.25, -0.2) is 29.9 Å². The van der Waals surface area contributed by atoms with Crippen LogP contribution < -0.4 is 0 Å². The van der Waals surface area contributed by atoms with E-state index in [2.05, 4.69) is 29.9 Å². The molecule has 9 rings (SSSR count). The van der Waals surface area contributed by atoms with Gasteiger partial charge in [-0.3, -0.25) is 28.3 Å². The molecule has 0 spiro atoms. The Labute approximate surface area is 337 Å². The Morgan fingerprint density at radius 3 is 0.948 bits per heavy atom. The van der Waals surface area contributed by atoms with Crippen LogP contribution in [0.5, 0.6) is 0 Å². The molecule has 294 valence electrons. The van der Waals surface area contributed by atoms with Gasteiger partial charge in [-0.2, -0.15) is 33.7 Å². The summed E-state index contributed by atoms with van der Waals surface area (Å²) in [6, 6.07) is 19.9. The fraction of sp³-hybridized carbons (Fsp3) is 0. The number of benzene rings is 4. The van der Waals surface area contributed by atoms with Crippen LogP contribution in [0, 0.1) is 0 Å². The Morgan fingerprint density at radius 1 is 0.397 bits per heavy atom. The van der Waals surface area contributed by atoms with Crippen LogP contribution in [-0.2, 0) is 40.5 Å². The number of H-pyrrole nitrogens is 2. The molecule has 0 radical (unpaired) electrons. The molecule has 26 heteroatoms. The first-order chi connectivity index (χ1) is 27.3. The third-order valence-corrected chi connectivity index (χ3v) is 12.9. The summed E-state index contributed by atoms with van der Waals surface area (Å²) in [6.07, 6.45) is 0. The van der Waals surface area contributed by atoms with Crippen molar-refractivity contribution in [2.75, 3.05) is 0 Å². The summed E-state index contributed by atoms with van der Waals surface area (Å²) in [7, 11) is -19.8. The number of rotatable bonds is 4. The first-order valence-corrected chi connectivity index (χ1v) is 24.7. The molecule has 0 unspecified atom stereocenters. The van der Waals surface area contributed by atoms with Gasteiger partial charge in [0.15, 0.2) is 23.3 Å². The first-order valence-electron chi connectivity index (χ1n) is 15.9. The van der Waals surface area contributed by atoms with Crippen molar-refractivity contribution in [1.29, 1.82) is 0 Å². The van der Waals surface area contributed by atoms with E-state index in [0.717, 1.165) is 15.4 Å². The summed E-state index contributed by atoms with van der Waals surface area (Å²) in [4.78, 5) is 24.5. The minimum atomic E-state index is -6.24. The maximum Gasteiger partial charge on any atom is 0.353 e. The smallest absolute Gasteiger partial charge is 0.324 e. The first kappa shape index (κ1) is 39.5. The molecule has 0 fully saturated rings. The predicted molar refractivity (Wildman–Crippen MR) is 210 cm³/mol. The number of aromatic nitrogens is 8. The second-order valence-electron chi connectivity index (χ2n) is 12.2. The molecule has 20 nitrogen and oxygen atoms in total. The monoisotopic (exact) mass is 898 g/mol. The Hall–Kier alpha value is -5.30. The summed E-state index contributed by atoms with van der Waals surface area (Å²) in [5.74, 6) is -0.428. The zero-order valence-corrected chi connectivity index (χ0v) is 34.7. The molecule has 0 atom stereocenters. The molecule has 0 amide bonds. The highest BCUT2D eigenvalue weighted by Gasteiger charge is 2.43. The lowest BCUT2D eigenvalue weighted by atomic mass is 10.1. The fourth-order valence-electron chi connectivity index (χ4n) is 6.75.